The van der Waals surface area contributed by atoms with Crippen LogP contribution in [0, 0.1) is 0 Å². The predicted molar refractivity (Wildman–Crippen MR) is 98.0 cm³/mol. The topological polar surface area (TPSA) is 87.1 Å². The average Bonchev–Trinajstić information content (AvgIpc) is 2.53. The number of pyridine rings is 2. The summed E-state index contributed by atoms with van der Waals surface area (Å²) in [5, 5.41) is 15.4. The van der Waals surface area contributed by atoms with Crippen LogP contribution in [0.2, 0.25) is 5.15 Å². The Morgan fingerprint density at radius 3 is 2.72 bits per heavy atom. The molecule has 1 atom stereocenters. The fourth-order valence-electron chi connectivity index (χ4n) is 1.85. The van der Waals surface area contributed by atoms with E-state index in [1.165, 1.54) is 26.2 Å². The SMILES string of the molecule is CC(C)(O)C(F)CNC(=O)c1cnc(Br)cc1Nc1ccc(Cl)nc1. The summed E-state index contributed by atoms with van der Waals surface area (Å²) in [6, 6.07) is 4.93. The van der Waals surface area contributed by atoms with Crippen molar-refractivity contribution in [3.05, 3.63) is 45.9 Å². The standard InChI is InChI=1S/C16H17BrClFN4O2/c1-16(2,25)12(19)8-22-15(24)10-7-20-13(17)5-11(10)23-9-3-4-14(18)21-6-9/h3-7,12,25H,8H2,1-2H3,(H,20,23)(H,22,24). The van der Waals surface area contributed by atoms with E-state index in [-0.39, 0.29) is 12.1 Å². The zero-order valence-corrected chi connectivity index (χ0v) is 15.9. The highest BCUT2D eigenvalue weighted by molar-refractivity contribution is 9.10. The van der Waals surface area contributed by atoms with Crippen molar-refractivity contribution in [1.29, 1.82) is 0 Å². The van der Waals surface area contributed by atoms with Gasteiger partial charge in [-0.1, -0.05) is 11.6 Å². The summed E-state index contributed by atoms with van der Waals surface area (Å²) < 4.78 is 14.3. The van der Waals surface area contributed by atoms with Gasteiger partial charge in [0, 0.05) is 6.20 Å². The molecule has 0 saturated carbocycles. The largest absolute Gasteiger partial charge is 0.387 e. The molecule has 9 heteroatoms. The lowest BCUT2D eigenvalue weighted by Crippen LogP contribution is -2.42. The number of alkyl halides is 1. The van der Waals surface area contributed by atoms with Crippen molar-refractivity contribution in [2.45, 2.75) is 25.6 Å². The molecule has 0 saturated heterocycles. The molecule has 0 aliphatic carbocycles. The molecule has 25 heavy (non-hydrogen) atoms. The molecular weight excluding hydrogens is 415 g/mol. The zero-order chi connectivity index (χ0) is 18.6. The van der Waals surface area contributed by atoms with E-state index >= 15 is 0 Å². The Hall–Kier alpha value is -1.77. The third kappa shape index (κ3) is 5.62. The van der Waals surface area contributed by atoms with Crippen LogP contribution in [0.15, 0.2) is 35.2 Å². The number of hydrogen-bond acceptors (Lipinski definition) is 5. The summed E-state index contributed by atoms with van der Waals surface area (Å²) in [7, 11) is 0. The maximum atomic E-state index is 13.8. The lowest BCUT2D eigenvalue weighted by molar-refractivity contribution is -0.00177. The second kappa shape index (κ2) is 8.07. The van der Waals surface area contributed by atoms with Crippen LogP contribution < -0.4 is 10.6 Å². The first-order chi connectivity index (χ1) is 11.7. The summed E-state index contributed by atoms with van der Waals surface area (Å²) in [6.45, 7) is 2.36. The van der Waals surface area contributed by atoms with Gasteiger partial charge < -0.3 is 15.7 Å². The molecule has 0 aromatic carbocycles. The second-order valence-electron chi connectivity index (χ2n) is 5.88. The van der Waals surface area contributed by atoms with Gasteiger partial charge in [-0.3, -0.25) is 4.79 Å². The van der Waals surface area contributed by atoms with E-state index in [9.17, 15) is 14.3 Å². The van der Waals surface area contributed by atoms with Crippen molar-refractivity contribution in [3.63, 3.8) is 0 Å². The molecule has 6 nitrogen and oxygen atoms in total. The van der Waals surface area contributed by atoms with Crippen molar-refractivity contribution in [3.8, 4) is 0 Å². The highest BCUT2D eigenvalue weighted by Gasteiger charge is 2.27. The molecular formula is C16H17BrClFN4O2. The first kappa shape index (κ1) is 19.6. The average molecular weight is 432 g/mol. The van der Waals surface area contributed by atoms with Gasteiger partial charge in [-0.25, -0.2) is 14.4 Å². The summed E-state index contributed by atoms with van der Waals surface area (Å²) in [4.78, 5) is 20.3. The first-order valence-electron chi connectivity index (χ1n) is 7.35. The molecule has 2 heterocycles. The second-order valence-corrected chi connectivity index (χ2v) is 7.08. The van der Waals surface area contributed by atoms with Crippen LogP contribution in [-0.4, -0.2) is 39.3 Å². The van der Waals surface area contributed by atoms with Crippen LogP contribution in [0.1, 0.15) is 24.2 Å². The molecule has 1 unspecified atom stereocenters. The highest BCUT2D eigenvalue weighted by Crippen LogP contribution is 2.24. The number of nitrogens with one attached hydrogen (secondary N) is 2. The van der Waals surface area contributed by atoms with Gasteiger partial charge in [0.05, 0.1) is 35.3 Å². The molecule has 2 aromatic heterocycles. The smallest absolute Gasteiger partial charge is 0.255 e. The molecule has 0 fully saturated rings. The Bertz CT molecular complexity index is 753. The van der Waals surface area contributed by atoms with Gasteiger partial charge in [0.15, 0.2) is 0 Å². The normalized spacial score (nSPS) is 12.6. The van der Waals surface area contributed by atoms with E-state index in [1.54, 1.807) is 18.2 Å². The number of rotatable bonds is 6. The number of amides is 1. The number of carbonyl (C=O) groups is 1. The number of aliphatic hydroxyl groups is 1. The summed E-state index contributed by atoms with van der Waals surface area (Å²) in [6.07, 6.45) is 1.28. The molecule has 0 radical (unpaired) electrons. The Balaban J connectivity index is 2.17. The number of carbonyl (C=O) groups excluding carboxylic acids is 1. The van der Waals surface area contributed by atoms with E-state index in [0.29, 0.717) is 21.1 Å². The molecule has 0 spiro atoms. The van der Waals surface area contributed by atoms with Gasteiger partial charge in [-0.05, 0) is 48.0 Å². The zero-order valence-electron chi connectivity index (χ0n) is 13.6. The van der Waals surface area contributed by atoms with Crippen molar-refractivity contribution < 1.29 is 14.3 Å². The van der Waals surface area contributed by atoms with Crippen LogP contribution in [0.3, 0.4) is 0 Å². The van der Waals surface area contributed by atoms with Gasteiger partial charge in [0.1, 0.15) is 15.9 Å². The predicted octanol–water partition coefficient (Wildman–Crippen LogP) is 3.47. The third-order valence-electron chi connectivity index (χ3n) is 3.33. The van der Waals surface area contributed by atoms with Gasteiger partial charge in [0.2, 0.25) is 0 Å². The molecule has 2 rings (SSSR count). The number of hydrogen-bond donors (Lipinski definition) is 3. The summed E-state index contributed by atoms with van der Waals surface area (Å²) in [5.74, 6) is -0.517. The van der Waals surface area contributed by atoms with Gasteiger partial charge in [-0.2, -0.15) is 0 Å². The minimum absolute atomic E-state index is 0.223. The van der Waals surface area contributed by atoms with E-state index in [1.807, 2.05) is 0 Å². The Kier molecular flexibility index (Phi) is 6.31. The Morgan fingerprint density at radius 1 is 1.40 bits per heavy atom. The van der Waals surface area contributed by atoms with Crippen molar-refractivity contribution >= 4 is 44.8 Å². The molecule has 0 aliphatic heterocycles. The van der Waals surface area contributed by atoms with Gasteiger partial charge >= 0.3 is 0 Å². The van der Waals surface area contributed by atoms with E-state index in [2.05, 4.69) is 36.5 Å². The number of anilines is 2. The van der Waals surface area contributed by atoms with Crippen molar-refractivity contribution in [2.24, 2.45) is 0 Å². The van der Waals surface area contributed by atoms with Crippen LogP contribution in [0.25, 0.3) is 0 Å². The molecule has 1 amide bonds. The fourth-order valence-corrected chi connectivity index (χ4v) is 2.29. The number of nitrogens with zero attached hydrogens (tertiary/aromatic N) is 2. The number of aromatic nitrogens is 2. The third-order valence-corrected chi connectivity index (χ3v) is 3.99. The van der Waals surface area contributed by atoms with Crippen LogP contribution >= 0.6 is 27.5 Å². The van der Waals surface area contributed by atoms with E-state index in [4.69, 9.17) is 11.6 Å². The highest BCUT2D eigenvalue weighted by atomic mass is 79.9. The first-order valence-corrected chi connectivity index (χ1v) is 8.52. The molecule has 3 N–H and O–H groups in total. The van der Waals surface area contributed by atoms with Gasteiger partial charge in [0.25, 0.3) is 5.91 Å². The molecule has 134 valence electrons. The lowest BCUT2D eigenvalue weighted by atomic mass is 10.0. The lowest BCUT2D eigenvalue weighted by Gasteiger charge is -2.22. The minimum Gasteiger partial charge on any atom is -0.387 e. The summed E-state index contributed by atoms with van der Waals surface area (Å²) >= 11 is 9.00. The molecule has 0 aliphatic rings. The summed E-state index contributed by atoms with van der Waals surface area (Å²) in [5.41, 5.74) is -0.235. The van der Waals surface area contributed by atoms with Crippen LogP contribution in [0.4, 0.5) is 15.8 Å². The van der Waals surface area contributed by atoms with E-state index < -0.39 is 17.7 Å². The molecule has 0 bridgehead atoms. The Labute approximate surface area is 158 Å². The van der Waals surface area contributed by atoms with Gasteiger partial charge in [-0.15, -0.1) is 0 Å². The fraction of sp³-hybridized carbons (Fsp3) is 0.312. The molecule has 2 aromatic rings. The Morgan fingerprint density at radius 2 is 2.12 bits per heavy atom. The quantitative estimate of drug-likeness (QED) is 0.610. The van der Waals surface area contributed by atoms with Crippen LogP contribution in [-0.2, 0) is 0 Å². The number of halogens is 3. The van der Waals surface area contributed by atoms with E-state index in [0.717, 1.165) is 0 Å². The maximum absolute atomic E-state index is 13.8. The van der Waals surface area contributed by atoms with Crippen molar-refractivity contribution in [2.75, 3.05) is 11.9 Å². The van der Waals surface area contributed by atoms with Crippen LogP contribution in [0.5, 0.6) is 0 Å². The monoisotopic (exact) mass is 430 g/mol. The van der Waals surface area contributed by atoms with Crippen molar-refractivity contribution in [1.82, 2.24) is 15.3 Å². The minimum atomic E-state index is -1.60. The maximum Gasteiger partial charge on any atom is 0.255 e.